The second-order valence-corrected chi connectivity index (χ2v) is 5.39. The van der Waals surface area contributed by atoms with Gasteiger partial charge in [-0.25, -0.2) is 4.98 Å². The molecular formula is C16H16ClN3. The third kappa shape index (κ3) is 1.95. The zero-order chi connectivity index (χ0) is 14.3. The number of hydrogen-bond donors (Lipinski definition) is 1. The standard InChI is InChI=1S/C16H16ClN3/c1-10-6-3-4-7-12(10)11(2)20-15-13(17)8-5-9-14(15)19-16(20)18/h3-9,11H,1-2H3,(H2,18,19). The van der Waals surface area contributed by atoms with E-state index < -0.39 is 0 Å². The molecule has 2 N–H and O–H groups in total. The largest absolute Gasteiger partial charge is 0.369 e. The summed E-state index contributed by atoms with van der Waals surface area (Å²) in [6.07, 6.45) is 0. The fourth-order valence-corrected chi connectivity index (χ4v) is 2.97. The predicted molar refractivity (Wildman–Crippen MR) is 84.1 cm³/mol. The Kier molecular flexibility index (Phi) is 3.14. The Morgan fingerprint density at radius 2 is 1.90 bits per heavy atom. The quantitative estimate of drug-likeness (QED) is 0.767. The van der Waals surface area contributed by atoms with Gasteiger partial charge in [0.1, 0.15) is 0 Å². The molecule has 0 amide bonds. The summed E-state index contributed by atoms with van der Waals surface area (Å²) >= 11 is 6.33. The van der Waals surface area contributed by atoms with Gasteiger partial charge in [0.15, 0.2) is 0 Å². The van der Waals surface area contributed by atoms with Gasteiger partial charge in [-0.3, -0.25) is 0 Å². The fraction of sp³-hybridized carbons (Fsp3) is 0.188. The second kappa shape index (κ2) is 4.84. The van der Waals surface area contributed by atoms with E-state index >= 15 is 0 Å². The fourth-order valence-electron chi connectivity index (χ4n) is 2.71. The highest BCUT2D eigenvalue weighted by atomic mass is 35.5. The van der Waals surface area contributed by atoms with E-state index in [4.69, 9.17) is 17.3 Å². The summed E-state index contributed by atoms with van der Waals surface area (Å²) in [4.78, 5) is 4.41. The zero-order valence-electron chi connectivity index (χ0n) is 11.5. The minimum atomic E-state index is 0.0844. The molecule has 0 aliphatic heterocycles. The first-order valence-electron chi connectivity index (χ1n) is 6.57. The highest BCUT2D eigenvalue weighted by molar-refractivity contribution is 6.35. The molecule has 102 valence electrons. The minimum Gasteiger partial charge on any atom is -0.369 e. The first-order chi connectivity index (χ1) is 9.59. The molecule has 4 heteroatoms. The average Bonchev–Trinajstić information content (AvgIpc) is 2.76. The number of nitrogen functional groups attached to an aromatic ring is 1. The molecule has 3 aromatic rings. The number of hydrogen-bond acceptors (Lipinski definition) is 2. The van der Waals surface area contributed by atoms with Gasteiger partial charge >= 0.3 is 0 Å². The molecule has 0 aliphatic carbocycles. The van der Waals surface area contributed by atoms with Crippen molar-refractivity contribution in [3.05, 3.63) is 58.6 Å². The van der Waals surface area contributed by atoms with E-state index in [-0.39, 0.29) is 6.04 Å². The maximum absolute atomic E-state index is 6.33. The molecule has 0 saturated heterocycles. The molecule has 0 spiro atoms. The van der Waals surface area contributed by atoms with Crippen LogP contribution in [0.1, 0.15) is 24.1 Å². The third-order valence-corrected chi connectivity index (χ3v) is 4.02. The molecule has 1 atom stereocenters. The summed E-state index contributed by atoms with van der Waals surface area (Å²) in [5.74, 6) is 0.490. The topological polar surface area (TPSA) is 43.8 Å². The molecule has 0 fully saturated rings. The first kappa shape index (κ1) is 13.0. The highest BCUT2D eigenvalue weighted by Gasteiger charge is 2.18. The van der Waals surface area contributed by atoms with E-state index in [1.165, 1.54) is 11.1 Å². The maximum atomic E-state index is 6.33. The third-order valence-electron chi connectivity index (χ3n) is 3.71. The number of rotatable bonds is 2. The second-order valence-electron chi connectivity index (χ2n) is 4.98. The highest BCUT2D eigenvalue weighted by Crippen LogP contribution is 2.32. The molecular weight excluding hydrogens is 270 g/mol. The number of para-hydroxylation sites is 1. The molecule has 1 aromatic heterocycles. The predicted octanol–water partition coefficient (Wildman–Crippen LogP) is 4.19. The summed E-state index contributed by atoms with van der Waals surface area (Å²) in [6, 6.07) is 14.1. The Morgan fingerprint density at radius 1 is 1.15 bits per heavy atom. The lowest BCUT2D eigenvalue weighted by Gasteiger charge is -2.19. The van der Waals surface area contributed by atoms with Crippen LogP contribution in [0.4, 0.5) is 5.95 Å². The van der Waals surface area contributed by atoms with Gasteiger partial charge in [-0.05, 0) is 37.1 Å². The number of anilines is 1. The Labute approximate surface area is 123 Å². The summed E-state index contributed by atoms with van der Waals surface area (Å²) < 4.78 is 2.00. The van der Waals surface area contributed by atoms with Crippen molar-refractivity contribution in [2.24, 2.45) is 0 Å². The summed E-state index contributed by atoms with van der Waals surface area (Å²) in [5, 5.41) is 0.673. The van der Waals surface area contributed by atoms with Crippen molar-refractivity contribution in [2.45, 2.75) is 19.9 Å². The van der Waals surface area contributed by atoms with Gasteiger partial charge < -0.3 is 10.3 Å². The first-order valence-corrected chi connectivity index (χ1v) is 6.95. The lowest BCUT2D eigenvalue weighted by Crippen LogP contribution is -2.11. The van der Waals surface area contributed by atoms with E-state index in [0.717, 1.165) is 11.0 Å². The molecule has 3 rings (SSSR count). The Bertz CT molecular complexity index is 776. The average molecular weight is 286 g/mol. The van der Waals surface area contributed by atoms with Gasteiger partial charge in [-0.1, -0.05) is 41.9 Å². The molecule has 0 bridgehead atoms. The minimum absolute atomic E-state index is 0.0844. The van der Waals surface area contributed by atoms with E-state index in [0.29, 0.717) is 11.0 Å². The summed E-state index contributed by atoms with van der Waals surface area (Å²) in [7, 11) is 0. The van der Waals surface area contributed by atoms with Crippen molar-refractivity contribution in [2.75, 3.05) is 5.73 Å². The zero-order valence-corrected chi connectivity index (χ0v) is 12.2. The summed E-state index contributed by atoms with van der Waals surface area (Å²) in [5.41, 5.74) is 10.3. The van der Waals surface area contributed by atoms with Crippen LogP contribution in [0, 0.1) is 6.92 Å². The molecule has 3 nitrogen and oxygen atoms in total. The number of nitrogens with two attached hydrogens (primary N) is 1. The van der Waals surface area contributed by atoms with Crippen LogP contribution in [-0.4, -0.2) is 9.55 Å². The van der Waals surface area contributed by atoms with Crippen LogP contribution in [0.5, 0.6) is 0 Å². The van der Waals surface area contributed by atoms with Crippen LogP contribution in [-0.2, 0) is 0 Å². The molecule has 0 aliphatic rings. The van der Waals surface area contributed by atoms with Crippen molar-refractivity contribution in [3.63, 3.8) is 0 Å². The molecule has 2 aromatic carbocycles. The number of aryl methyl sites for hydroxylation is 1. The van der Waals surface area contributed by atoms with Gasteiger partial charge in [-0.15, -0.1) is 0 Å². The Hall–Kier alpha value is -2.00. The monoisotopic (exact) mass is 285 g/mol. The maximum Gasteiger partial charge on any atom is 0.201 e. The summed E-state index contributed by atoms with van der Waals surface area (Å²) in [6.45, 7) is 4.21. The van der Waals surface area contributed by atoms with Crippen molar-refractivity contribution in [1.82, 2.24) is 9.55 Å². The Morgan fingerprint density at radius 3 is 2.65 bits per heavy atom. The number of aromatic nitrogens is 2. The van der Waals surface area contributed by atoms with Crippen LogP contribution in [0.3, 0.4) is 0 Å². The van der Waals surface area contributed by atoms with Crippen LogP contribution >= 0.6 is 11.6 Å². The van der Waals surface area contributed by atoms with Gasteiger partial charge in [0.05, 0.1) is 22.1 Å². The van der Waals surface area contributed by atoms with E-state index in [1.807, 2.05) is 34.9 Å². The number of nitrogens with zero attached hydrogens (tertiary/aromatic N) is 2. The van der Waals surface area contributed by atoms with Crippen LogP contribution < -0.4 is 5.73 Å². The van der Waals surface area contributed by atoms with Gasteiger partial charge in [-0.2, -0.15) is 0 Å². The number of fused-ring (bicyclic) bond motifs is 1. The van der Waals surface area contributed by atoms with Crippen LogP contribution in [0.15, 0.2) is 42.5 Å². The number of halogens is 1. The smallest absolute Gasteiger partial charge is 0.201 e. The molecule has 1 unspecified atom stereocenters. The van der Waals surface area contributed by atoms with Crippen molar-refractivity contribution in [1.29, 1.82) is 0 Å². The van der Waals surface area contributed by atoms with Crippen LogP contribution in [0.2, 0.25) is 5.02 Å². The van der Waals surface area contributed by atoms with Crippen LogP contribution in [0.25, 0.3) is 11.0 Å². The van der Waals surface area contributed by atoms with Gasteiger partial charge in [0.25, 0.3) is 0 Å². The normalized spacial score (nSPS) is 12.8. The lowest BCUT2D eigenvalue weighted by atomic mass is 10.0. The molecule has 1 heterocycles. The van der Waals surface area contributed by atoms with E-state index in [2.05, 4.69) is 31.0 Å². The lowest BCUT2D eigenvalue weighted by molar-refractivity contribution is 0.664. The van der Waals surface area contributed by atoms with Crippen molar-refractivity contribution in [3.8, 4) is 0 Å². The van der Waals surface area contributed by atoms with Gasteiger partial charge in [0, 0.05) is 0 Å². The SMILES string of the molecule is Cc1ccccc1C(C)n1c(N)nc2cccc(Cl)c21. The van der Waals surface area contributed by atoms with E-state index in [9.17, 15) is 0 Å². The Balaban J connectivity index is 2.24. The molecule has 0 saturated carbocycles. The number of imidazole rings is 1. The van der Waals surface area contributed by atoms with Crippen molar-refractivity contribution < 1.29 is 0 Å². The van der Waals surface area contributed by atoms with E-state index in [1.54, 1.807) is 0 Å². The molecule has 0 radical (unpaired) electrons. The molecule has 20 heavy (non-hydrogen) atoms. The van der Waals surface area contributed by atoms with Gasteiger partial charge in [0.2, 0.25) is 5.95 Å². The number of benzene rings is 2. The van der Waals surface area contributed by atoms with Crippen molar-refractivity contribution >= 4 is 28.6 Å².